The van der Waals surface area contributed by atoms with Crippen LogP contribution in [0.15, 0.2) is 48.0 Å². The molecule has 0 atom stereocenters. The number of esters is 1. The second-order valence-electron chi connectivity index (χ2n) is 4.89. The molecule has 0 spiro atoms. The number of carbonyl (C=O) groups excluding carboxylic acids is 2. The minimum atomic E-state index is -1.13. The molecule has 0 saturated carbocycles. The lowest BCUT2D eigenvalue weighted by Crippen LogP contribution is -2.22. The van der Waals surface area contributed by atoms with Gasteiger partial charge < -0.3 is 10.1 Å². The molecule has 0 saturated heterocycles. The van der Waals surface area contributed by atoms with Crippen molar-refractivity contribution < 1.29 is 27.5 Å². The summed E-state index contributed by atoms with van der Waals surface area (Å²) in [5, 5.41) is 2.24. The Kier molecular flexibility index (Phi) is 5.94. The maximum Gasteiger partial charge on any atom is 0.343 e. The van der Waals surface area contributed by atoms with E-state index in [9.17, 15) is 22.8 Å². The summed E-state index contributed by atoms with van der Waals surface area (Å²) < 4.78 is 44.7. The van der Waals surface area contributed by atoms with Gasteiger partial charge in [-0.25, -0.2) is 18.0 Å². The van der Waals surface area contributed by atoms with E-state index in [1.54, 1.807) is 6.92 Å². The fourth-order valence-electron chi connectivity index (χ4n) is 1.95. The molecule has 7 heteroatoms. The number of ether oxygens (including phenoxy) is 1. The smallest absolute Gasteiger partial charge is 0.343 e. The van der Waals surface area contributed by atoms with Crippen LogP contribution in [0.3, 0.4) is 0 Å². The number of nitrogens with one attached hydrogen (secondary N) is 1. The summed E-state index contributed by atoms with van der Waals surface area (Å²) in [4.78, 5) is 24.3. The molecule has 1 N–H and O–H groups in total. The van der Waals surface area contributed by atoms with Crippen LogP contribution in [0, 0.1) is 17.5 Å². The second-order valence-corrected chi connectivity index (χ2v) is 4.89. The average molecular weight is 349 g/mol. The number of benzene rings is 2. The van der Waals surface area contributed by atoms with Crippen molar-refractivity contribution in [2.24, 2.45) is 0 Å². The van der Waals surface area contributed by atoms with Crippen LogP contribution in [-0.2, 0) is 14.3 Å². The fourth-order valence-corrected chi connectivity index (χ4v) is 1.95. The van der Waals surface area contributed by atoms with E-state index < -0.39 is 34.9 Å². The van der Waals surface area contributed by atoms with Crippen LogP contribution in [0.5, 0.6) is 0 Å². The van der Waals surface area contributed by atoms with Crippen molar-refractivity contribution in [2.75, 3.05) is 11.9 Å². The molecule has 0 heterocycles. The van der Waals surface area contributed by atoms with Crippen LogP contribution in [0.4, 0.5) is 18.9 Å². The molecule has 0 aliphatic rings. The molecular formula is C18H14F3NO3. The first-order chi connectivity index (χ1) is 11.9. The van der Waals surface area contributed by atoms with Crippen molar-refractivity contribution in [3.8, 4) is 0 Å². The summed E-state index contributed by atoms with van der Waals surface area (Å²) in [5.74, 6) is -4.79. The number of amides is 1. The molecule has 0 aliphatic heterocycles. The van der Waals surface area contributed by atoms with E-state index in [4.69, 9.17) is 4.74 Å². The zero-order valence-corrected chi connectivity index (χ0v) is 13.2. The van der Waals surface area contributed by atoms with E-state index in [-0.39, 0.29) is 17.9 Å². The van der Waals surface area contributed by atoms with E-state index in [0.29, 0.717) is 0 Å². The fraction of sp³-hybridized carbons (Fsp3) is 0.111. The van der Waals surface area contributed by atoms with Crippen molar-refractivity contribution in [3.05, 3.63) is 71.1 Å². The van der Waals surface area contributed by atoms with Crippen LogP contribution in [0.1, 0.15) is 12.5 Å². The highest BCUT2D eigenvalue weighted by atomic mass is 19.2. The minimum Gasteiger partial charge on any atom is -0.462 e. The molecule has 0 aromatic heterocycles. The van der Waals surface area contributed by atoms with Gasteiger partial charge in [0.05, 0.1) is 12.3 Å². The summed E-state index contributed by atoms with van der Waals surface area (Å²) in [5.41, 5.74) is -0.533. The predicted molar refractivity (Wildman–Crippen MR) is 86.0 cm³/mol. The molecule has 4 nitrogen and oxygen atoms in total. The zero-order valence-electron chi connectivity index (χ0n) is 13.2. The van der Waals surface area contributed by atoms with Gasteiger partial charge in [0, 0.05) is 0 Å². The second kappa shape index (κ2) is 8.14. The van der Waals surface area contributed by atoms with Crippen molar-refractivity contribution in [3.63, 3.8) is 0 Å². The van der Waals surface area contributed by atoms with Crippen LogP contribution >= 0.6 is 0 Å². The Morgan fingerprint density at radius 1 is 1.04 bits per heavy atom. The summed E-state index contributed by atoms with van der Waals surface area (Å²) in [6.45, 7) is 1.54. The van der Waals surface area contributed by atoms with Gasteiger partial charge in [0.25, 0.3) is 5.91 Å². The maximum absolute atomic E-state index is 13.6. The Morgan fingerprint density at radius 3 is 2.40 bits per heavy atom. The Balaban J connectivity index is 2.36. The molecule has 0 radical (unpaired) electrons. The third-order valence-corrected chi connectivity index (χ3v) is 3.12. The highest BCUT2D eigenvalue weighted by Gasteiger charge is 2.21. The number of carbonyl (C=O) groups is 2. The van der Waals surface area contributed by atoms with Gasteiger partial charge >= 0.3 is 5.97 Å². The summed E-state index contributed by atoms with van der Waals surface area (Å²) in [7, 11) is 0. The Morgan fingerprint density at radius 2 is 1.76 bits per heavy atom. The molecule has 0 aliphatic carbocycles. The van der Waals surface area contributed by atoms with E-state index >= 15 is 0 Å². The Labute approximate surface area is 141 Å². The lowest BCUT2D eigenvalue weighted by atomic mass is 10.1. The molecule has 0 bridgehead atoms. The predicted octanol–water partition coefficient (Wildman–Crippen LogP) is 3.69. The topological polar surface area (TPSA) is 55.4 Å². The van der Waals surface area contributed by atoms with Gasteiger partial charge in [-0.1, -0.05) is 18.2 Å². The number of hydrogen-bond donors (Lipinski definition) is 1. The van der Waals surface area contributed by atoms with E-state index in [1.165, 1.54) is 24.3 Å². The normalized spacial score (nSPS) is 11.1. The number of anilines is 1. The van der Waals surface area contributed by atoms with Crippen molar-refractivity contribution in [1.82, 2.24) is 0 Å². The Hall–Kier alpha value is -3.09. The van der Waals surface area contributed by atoms with Crippen molar-refractivity contribution in [1.29, 1.82) is 0 Å². The number of hydrogen-bond acceptors (Lipinski definition) is 3. The molecule has 0 fully saturated rings. The zero-order chi connectivity index (χ0) is 18.4. The first kappa shape index (κ1) is 18.3. The van der Waals surface area contributed by atoms with E-state index in [0.717, 1.165) is 24.3 Å². The number of halogens is 3. The highest BCUT2D eigenvalue weighted by molar-refractivity contribution is 6.24. The molecule has 25 heavy (non-hydrogen) atoms. The van der Waals surface area contributed by atoms with Crippen molar-refractivity contribution in [2.45, 2.75) is 6.92 Å². The van der Waals surface area contributed by atoms with Gasteiger partial charge in [-0.2, -0.15) is 0 Å². The molecular weight excluding hydrogens is 335 g/mol. The molecule has 130 valence electrons. The maximum atomic E-state index is 13.6. The molecule has 2 aromatic carbocycles. The number of para-hydroxylation sites is 1. The first-order valence-electron chi connectivity index (χ1n) is 7.32. The van der Waals surface area contributed by atoms with Gasteiger partial charge in [-0.15, -0.1) is 0 Å². The van der Waals surface area contributed by atoms with Crippen LogP contribution < -0.4 is 5.32 Å². The lowest BCUT2D eigenvalue weighted by Gasteiger charge is -2.09. The third kappa shape index (κ3) is 4.69. The molecule has 1 amide bonds. The van der Waals surface area contributed by atoms with Crippen LogP contribution in [0.25, 0.3) is 6.08 Å². The minimum absolute atomic E-state index is 0.000923. The van der Waals surface area contributed by atoms with Gasteiger partial charge in [0.15, 0.2) is 11.6 Å². The van der Waals surface area contributed by atoms with Crippen LogP contribution in [-0.4, -0.2) is 18.5 Å². The quantitative estimate of drug-likeness (QED) is 0.388. The number of rotatable bonds is 5. The average Bonchev–Trinajstić information content (AvgIpc) is 2.58. The largest absolute Gasteiger partial charge is 0.462 e. The summed E-state index contributed by atoms with van der Waals surface area (Å²) in [6.07, 6.45) is 1.04. The standard InChI is InChI=1S/C18H14F3NO3/c1-2-25-18(24)12(9-11-7-8-13(19)15(21)10-11)17(23)22-16-6-4-3-5-14(16)20/h3-10H,2H2,1H3,(H,22,23)/b12-9+. The SMILES string of the molecule is CCOC(=O)/C(=C/c1ccc(F)c(F)c1)C(=O)Nc1ccccc1F. The first-order valence-corrected chi connectivity index (χ1v) is 7.32. The van der Waals surface area contributed by atoms with Gasteiger partial charge in [-0.05, 0) is 42.8 Å². The third-order valence-electron chi connectivity index (χ3n) is 3.12. The molecule has 2 rings (SSSR count). The van der Waals surface area contributed by atoms with Gasteiger partial charge in [0.1, 0.15) is 11.4 Å². The monoisotopic (exact) mass is 349 g/mol. The molecule has 2 aromatic rings. The van der Waals surface area contributed by atoms with E-state index in [1.807, 2.05) is 0 Å². The van der Waals surface area contributed by atoms with Crippen LogP contribution in [0.2, 0.25) is 0 Å². The van der Waals surface area contributed by atoms with Crippen molar-refractivity contribution >= 4 is 23.6 Å². The Bertz CT molecular complexity index is 834. The van der Waals surface area contributed by atoms with Gasteiger partial charge in [0.2, 0.25) is 0 Å². The highest BCUT2D eigenvalue weighted by Crippen LogP contribution is 2.17. The molecule has 0 unspecified atom stereocenters. The van der Waals surface area contributed by atoms with E-state index in [2.05, 4.69) is 5.32 Å². The summed E-state index contributed by atoms with van der Waals surface area (Å²) >= 11 is 0. The summed E-state index contributed by atoms with van der Waals surface area (Å²) in [6, 6.07) is 8.26. The van der Waals surface area contributed by atoms with Gasteiger partial charge in [-0.3, -0.25) is 4.79 Å². The lowest BCUT2D eigenvalue weighted by molar-refractivity contribution is -0.139.